The molecule has 5 heteroatoms. The summed E-state index contributed by atoms with van der Waals surface area (Å²) >= 11 is 6.02. The van der Waals surface area contributed by atoms with Gasteiger partial charge in [0.25, 0.3) is 10.0 Å². The summed E-state index contributed by atoms with van der Waals surface area (Å²) in [7, 11) is -3.66. The van der Waals surface area contributed by atoms with Gasteiger partial charge in [-0.15, -0.1) is 0 Å². The summed E-state index contributed by atoms with van der Waals surface area (Å²) in [4.78, 5) is 0.216. The molecule has 3 nitrogen and oxygen atoms in total. The molecule has 0 aliphatic heterocycles. The second kappa shape index (κ2) is 8.23. The van der Waals surface area contributed by atoms with Crippen LogP contribution < -0.4 is 4.72 Å². The van der Waals surface area contributed by atoms with Crippen LogP contribution in [-0.2, 0) is 10.0 Å². The van der Waals surface area contributed by atoms with Crippen molar-refractivity contribution in [3.63, 3.8) is 0 Å². The van der Waals surface area contributed by atoms with E-state index < -0.39 is 10.0 Å². The number of halogens is 1. The molecule has 0 aromatic heterocycles. The molecule has 0 bridgehead atoms. The molecule has 0 aliphatic rings. The fourth-order valence-corrected chi connectivity index (χ4v) is 3.30. The first-order valence-electron chi connectivity index (χ1n) is 7.80. The summed E-state index contributed by atoms with van der Waals surface area (Å²) in [5, 5.41) is 0.521. The second-order valence-electron chi connectivity index (χ2n) is 5.51. The summed E-state index contributed by atoms with van der Waals surface area (Å²) in [6, 6.07) is 11.7. The van der Waals surface area contributed by atoms with Crippen LogP contribution in [0.1, 0.15) is 37.3 Å². The van der Waals surface area contributed by atoms with Crippen molar-refractivity contribution in [1.29, 1.82) is 0 Å². The minimum atomic E-state index is -3.66. The molecule has 0 aliphatic carbocycles. The van der Waals surface area contributed by atoms with Crippen molar-refractivity contribution in [3.05, 3.63) is 58.6 Å². The van der Waals surface area contributed by atoms with Crippen molar-refractivity contribution in [2.45, 2.75) is 38.0 Å². The van der Waals surface area contributed by atoms with Crippen molar-refractivity contribution in [2.24, 2.45) is 0 Å². The van der Waals surface area contributed by atoms with E-state index in [0.29, 0.717) is 16.3 Å². The van der Waals surface area contributed by atoms with Gasteiger partial charge >= 0.3 is 0 Å². The Labute approximate surface area is 149 Å². The Morgan fingerprint density at radius 3 is 2.50 bits per heavy atom. The monoisotopic (exact) mass is 361 g/mol. The Morgan fingerprint density at radius 2 is 1.83 bits per heavy atom. The summed E-state index contributed by atoms with van der Waals surface area (Å²) in [6.45, 7) is 4.01. The molecule has 1 N–H and O–H groups in total. The molecule has 126 valence electrons. The van der Waals surface area contributed by atoms with Gasteiger partial charge in [0.2, 0.25) is 0 Å². The summed E-state index contributed by atoms with van der Waals surface area (Å²) in [5.41, 5.74) is 2.01. The quantitative estimate of drug-likeness (QED) is 0.602. The van der Waals surface area contributed by atoms with Crippen LogP contribution in [0.2, 0.25) is 5.02 Å². The zero-order valence-corrected chi connectivity index (χ0v) is 15.3. The Morgan fingerprint density at radius 1 is 1.12 bits per heavy atom. The van der Waals surface area contributed by atoms with Crippen molar-refractivity contribution in [3.8, 4) is 11.8 Å². The molecule has 0 amide bonds. The van der Waals surface area contributed by atoms with Gasteiger partial charge in [-0.05, 0) is 43.7 Å². The van der Waals surface area contributed by atoms with Crippen LogP contribution in [-0.4, -0.2) is 8.42 Å². The van der Waals surface area contributed by atoms with E-state index >= 15 is 0 Å². The predicted molar refractivity (Wildman–Crippen MR) is 99.8 cm³/mol. The molecular formula is C19H20ClNO2S. The minimum absolute atomic E-state index is 0.216. The SMILES string of the molecule is CCCCC#Cc1cc(Cl)ccc1NS(=O)(=O)c1ccc(C)cc1. The normalized spacial score (nSPS) is 10.8. The van der Waals surface area contributed by atoms with Crippen LogP contribution in [0.5, 0.6) is 0 Å². The van der Waals surface area contributed by atoms with Crippen molar-refractivity contribution in [1.82, 2.24) is 0 Å². The smallest absolute Gasteiger partial charge is 0.261 e. The standard InChI is InChI=1S/C19H20ClNO2S/c1-3-4-5-6-7-16-14-17(20)10-13-19(16)21-24(22,23)18-11-8-15(2)9-12-18/h8-14,21H,3-5H2,1-2H3. The fourth-order valence-electron chi connectivity index (χ4n) is 2.05. The maximum Gasteiger partial charge on any atom is 0.261 e. The predicted octanol–water partition coefficient (Wildman–Crippen LogP) is 4.99. The van der Waals surface area contributed by atoms with Crippen LogP contribution in [0.25, 0.3) is 0 Å². The van der Waals surface area contributed by atoms with Gasteiger partial charge in [0.15, 0.2) is 0 Å². The Hall–Kier alpha value is -1.96. The molecular weight excluding hydrogens is 342 g/mol. The first kappa shape index (κ1) is 18.4. The lowest BCUT2D eigenvalue weighted by atomic mass is 10.1. The van der Waals surface area contributed by atoms with Crippen LogP contribution in [0.15, 0.2) is 47.4 Å². The van der Waals surface area contributed by atoms with Gasteiger partial charge < -0.3 is 0 Å². The third-order valence-corrected chi connectivity index (χ3v) is 5.05. The number of rotatable bonds is 5. The first-order valence-corrected chi connectivity index (χ1v) is 9.66. The van der Waals surface area contributed by atoms with E-state index in [1.165, 1.54) is 0 Å². The number of nitrogens with one attached hydrogen (secondary N) is 1. The van der Waals surface area contributed by atoms with Crippen LogP contribution in [0, 0.1) is 18.8 Å². The van der Waals surface area contributed by atoms with Gasteiger partial charge in [0, 0.05) is 11.4 Å². The highest BCUT2D eigenvalue weighted by Crippen LogP contribution is 2.23. The maximum atomic E-state index is 12.5. The zero-order chi connectivity index (χ0) is 17.6. The van der Waals surface area contributed by atoms with E-state index in [-0.39, 0.29) is 4.90 Å². The molecule has 2 rings (SSSR count). The number of hydrogen-bond donors (Lipinski definition) is 1. The van der Waals surface area contributed by atoms with Gasteiger partial charge in [-0.2, -0.15) is 0 Å². The number of unbranched alkanes of at least 4 members (excludes halogenated alkanes) is 2. The average molecular weight is 362 g/mol. The molecule has 0 spiro atoms. The maximum absolute atomic E-state index is 12.5. The lowest BCUT2D eigenvalue weighted by Crippen LogP contribution is -2.13. The summed E-state index contributed by atoms with van der Waals surface area (Å²) < 4.78 is 27.7. The highest BCUT2D eigenvalue weighted by Gasteiger charge is 2.15. The molecule has 0 fully saturated rings. The fraction of sp³-hybridized carbons (Fsp3) is 0.263. The van der Waals surface area contributed by atoms with E-state index in [1.807, 2.05) is 6.92 Å². The topological polar surface area (TPSA) is 46.2 Å². The molecule has 0 saturated heterocycles. The van der Waals surface area contributed by atoms with E-state index in [9.17, 15) is 8.42 Å². The third kappa shape index (κ3) is 5.02. The van der Waals surface area contributed by atoms with Crippen LogP contribution in [0.3, 0.4) is 0 Å². The van der Waals surface area contributed by atoms with Crippen LogP contribution >= 0.6 is 11.6 Å². The van der Waals surface area contributed by atoms with E-state index in [0.717, 1.165) is 24.8 Å². The Balaban J connectivity index is 2.31. The van der Waals surface area contributed by atoms with Gasteiger partial charge in [0.1, 0.15) is 0 Å². The summed E-state index contributed by atoms with van der Waals surface area (Å²) in [6.07, 6.45) is 2.85. The molecule has 0 saturated carbocycles. The van der Waals surface area contributed by atoms with Crippen molar-refractivity contribution < 1.29 is 8.42 Å². The molecule has 2 aromatic rings. The van der Waals surface area contributed by atoms with E-state index in [4.69, 9.17) is 11.6 Å². The minimum Gasteiger partial charge on any atom is -0.278 e. The summed E-state index contributed by atoms with van der Waals surface area (Å²) in [5.74, 6) is 6.07. The highest BCUT2D eigenvalue weighted by atomic mass is 35.5. The van der Waals surface area contributed by atoms with E-state index in [2.05, 4.69) is 23.5 Å². The molecule has 2 aromatic carbocycles. The number of hydrogen-bond acceptors (Lipinski definition) is 2. The Bertz CT molecular complexity index is 862. The largest absolute Gasteiger partial charge is 0.278 e. The first-order chi connectivity index (χ1) is 11.4. The van der Waals surface area contributed by atoms with Crippen LogP contribution in [0.4, 0.5) is 5.69 Å². The molecule has 0 heterocycles. The van der Waals surface area contributed by atoms with Gasteiger partial charge in [-0.25, -0.2) is 8.42 Å². The van der Waals surface area contributed by atoms with E-state index in [1.54, 1.807) is 42.5 Å². The average Bonchev–Trinajstić information content (AvgIpc) is 2.54. The Kier molecular flexibility index (Phi) is 6.30. The van der Waals surface area contributed by atoms with Gasteiger partial charge in [-0.1, -0.05) is 54.5 Å². The van der Waals surface area contributed by atoms with Crippen molar-refractivity contribution in [2.75, 3.05) is 4.72 Å². The highest BCUT2D eigenvalue weighted by molar-refractivity contribution is 7.92. The zero-order valence-electron chi connectivity index (χ0n) is 13.8. The number of sulfonamides is 1. The third-order valence-electron chi connectivity index (χ3n) is 3.44. The lowest BCUT2D eigenvalue weighted by molar-refractivity contribution is 0.601. The number of anilines is 1. The lowest BCUT2D eigenvalue weighted by Gasteiger charge is -2.10. The van der Waals surface area contributed by atoms with Crippen molar-refractivity contribution >= 4 is 27.3 Å². The second-order valence-corrected chi connectivity index (χ2v) is 7.63. The number of benzene rings is 2. The molecule has 0 unspecified atom stereocenters. The molecule has 0 radical (unpaired) electrons. The van der Waals surface area contributed by atoms with Gasteiger partial charge in [0.05, 0.1) is 16.1 Å². The molecule has 24 heavy (non-hydrogen) atoms. The number of aryl methyl sites for hydroxylation is 1. The van der Waals surface area contributed by atoms with Gasteiger partial charge in [-0.3, -0.25) is 4.72 Å². The molecule has 0 atom stereocenters.